The van der Waals surface area contributed by atoms with Crippen molar-refractivity contribution in [3.8, 4) is 17.2 Å². The fourth-order valence-electron chi connectivity index (χ4n) is 4.62. The third kappa shape index (κ3) is 6.77. The van der Waals surface area contributed by atoms with Crippen molar-refractivity contribution in [1.82, 2.24) is 34.3 Å². The molecular weight excluding hydrogens is 552 g/mol. The van der Waals surface area contributed by atoms with Crippen LogP contribution in [0.2, 0.25) is 0 Å². The lowest BCUT2D eigenvalue weighted by Crippen LogP contribution is -2.39. The Hall–Kier alpha value is -5.33. The molecule has 13 nitrogen and oxygen atoms in total. The molecule has 0 radical (unpaired) electrons. The first kappa shape index (κ1) is 29.2. The summed E-state index contributed by atoms with van der Waals surface area (Å²) in [6, 6.07) is 17.0. The number of ether oxygens (including phenoxy) is 1. The molecule has 0 unspecified atom stereocenters. The van der Waals surface area contributed by atoms with Crippen molar-refractivity contribution in [3.63, 3.8) is 0 Å². The summed E-state index contributed by atoms with van der Waals surface area (Å²) in [5.74, 6) is 0.849. The zero-order chi connectivity index (χ0) is 30.3. The second-order valence-corrected chi connectivity index (χ2v) is 10.1. The number of nitrogens with zero attached hydrogens (tertiary/aromatic N) is 7. The quantitative estimate of drug-likeness (QED) is 0.134. The summed E-state index contributed by atoms with van der Waals surface area (Å²) in [5, 5.41) is 8.22. The molecule has 5 aromatic rings. The number of hydrogen-bond acceptors (Lipinski definition) is 9. The first-order valence-electron chi connectivity index (χ1n) is 13.8. The Bertz CT molecular complexity index is 1880. The zero-order valence-electron chi connectivity index (χ0n) is 24.2. The van der Waals surface area contributed by atoms with E-state index < -0.39 is 11.6 Å². The lowest BCUT2D eigenvalue weighted by Gasteiger charge is -2.09. The highest BCUT2D eigenvalue weighted by molar-refractivity contribution is 5.84. The van der Waals surface area contributed by atoms with Crippen LogP contribution in [-0.2, 0) is 31.9 Å². The number of rotatable bonds is 12. The van der Waals surface area contributed by atoms with Crippen LogP contribution in [0, 0.1) is 0 Å². The fraction of sp³-hybridized carbons (Fsp3) is 0.300. The minimum Gasteiger partial charge on any atom is -0.483 e. The van der Waals surface area contributed by atoms with E-state index in [1.54, 1.807) is 43.8 Å². The molecule has 1 amide bonds. The monoisotopic (exact) mass is 584 g/mol. The van der Waals surface area contributed by atoms with Crippen LogP contribution in [-0.4, -0.2) is 47.1 Å². The number of hydrogen-bond donors (Lipinski definition) is 1. The lowest BCUT2D eigenvalue weighted by atomic mass is 10.1. The van der Waals surface area contributed by atoms with E-state index in [0.29, 0.717) is 65.6 Å². The van der Waals surface area contributed by atoms with Gasteiger partial charge < -0.3 is 13.8 Å². The van der Waals surface area contributed by atoms with Crippen molar-refractivity contribution in [3.05, 3.63) is 93.2 Å². The van der Waals surface area contributed by atoms with Crippen LogP contribution >= 0.6 is 0 Å². The van der Waals surface area contributed by atoms with Crippen LogP contribution in [0.25, 0.3) is 22.6 Å². The van der Waals surface area contributed by atoms with Crippen molar-refractivity contribution < 1.29 is 14.1 Å². The van der Waals surface area contributed by atoms with Crippen molar-refractivity contribution in [2.24, 2.45) is 19.2 Å². The summed E-state index contributed by atoms with van der Waals surface area (Å²) in [5.41, 5.74) is 4.85. The molecule has 0 fully saturated rings. The predicted octanol–water partition coefficient (Wildman–Crippen LogP) is 2.82. The summed E-state index contributed by atoms with van der Waals surface area (Å²) in [7, 11) is 3.32. The van der Waals surface area contributed by atoms with Gasteiger partial charge in [0.05, 0.1) is 11.9 Å². The molecule has 3 heterocycles. The molecular formula is C30H32N8O5. The van der Waals surface area contributed by atoms with E-state index in [1.807, 2.05) is 36.4 Å². The highest BCUT2D eigenvalue weighted by atomic mass is 16.5. The Labute approximate surface area is 246 Å². The number of imidazole rings is 1. The number of carbonyl (C=O) groups excluding carboxylic acids is 1. The molecule has 13 heteroatoms. The second kappa shape index (κ2) is 13.1. The molecule has 0 aliphatic rings. The van der Waals surface area contributed by atoms with Gasteiger partial charge >= 0.3 is 5.69 Å². The van der Waals surface area contributed by atoms with Gasteiger partial charge in [0.15, 0.2) is 23.6 Å². The largest absolute Gasteiger partial charge is 0.483 e. The minimum atomic E-state index is -0.427. The summed E-state index contributed by atoms with van der Waals surface area (Å²) in [4.78, 5) is 46.5. The maximum absolute atomic E-state index is 12.8. The number of benzene rings is 2. The molecule has 0 aliphatic heterocycles. The number of hydrazone groups is 1. The Balaban J connectivity index is 1.10. The van der Waals surface area contributed by atoms with Crippen LogP contribution in [0.5, 0.6) is 5.75 Å². The van der Waals surface area contributed by atoms with Crippen LogP contribution in [0.15, 0.2) is 80.1 Å². The van der Waals surface area contributed by atoms with Crippen molar-refractivity contribution >= 4 is 22.8 Å². The Morgan fingerprint density at radius 1 is 1.05 bits per heavy atom. The van der Waals surface area contributed by atoms with Gasteiger partial charge in [-0.2, -0.15) is 10.1 Å². The number of aryl methyl sites for hydroxylation is 2. The van der Waals surface area contributed by atoms with Crippen molar-refractivity contribution in [2.45, 2.75) is 39.2 Å². The molecule has 222 valence electrons. The van der Waals surface area contributed by atoms with Gasteiger partial charge in [0.1, 0.15) is 5.75 Å². The first-order valence-corrected chi connectivity index (χ1v) is 13.8. The maximum Gasteiger partial charge on any atom is 0.332 e. The van der Waals surface area contributed by atoms with Crippen LogP contribution in [0.3, 0.4) is 0 Å². The zero-order valence-corrected chi connectivity index (χ0v) is 24.2. The summed E-state index contributed by atoms with van der Waals surface area (Å²) >= 11 is 0. The summed E-state index contributed by atoms with van der Waals surface area (Å²) < 4.78 is 15.4. The number of aromatic nitrogens is 6. The van der Waals surface area contributed by atoms with E-state index in [0.717, 1.165) is 5.56 Å². The topological polar surface area (TPSA) is 151 Å². The van der Waals surface area contributed by atoms with Gasteiger partial charge in [0.25, 0.3) is 17.4 Å². The predicted molar refractivity (Wildman–Crippen MR) is 160 cm³/mol. The second-order valence-electron chi connectivity index (χ2n) is 10.1. The van der Waals surface area contributed by atoms with Gasteiger partial charge in [0.2, 0.25) is 0 Å². The number of amides is 1. The van der Waals surface area contributed by atoms with E-state index in [-0.39, 0.29) is 18.7 Å². The third-order valence-electron chi connectivity index (χ3n) is 6.89. The van der Waals surface area contributed by atoms with Crippen LogP contribution in [0.1, 0.15) is 37.6 Å². The average Bonchev–Trinajstić information content (AvgIpc) is 3.64. The molecule has 43 heavy (non-hydrogen) atoms. The average molecular weight is 585 g/mol. The van der Waals surface area contributed by atoms with Crippen LogP contribution in [0.4, 0.5) is 0 Å². The van der Waals surface area contributed by atoms with Crippen molar-refractivity contribution in [2.75, 3.05) is 6.61 Å². The molecule has 3 aromatic heterocycles. The molecule has 5 rings (SSSR count). The summed E-state index contributed by atoms with van der Waals surface area (Å²) in [6.07, 6.45) is 3.89. The molecule has 0 aliphatic carbocycles. The SMILES string of the molecule is CC(CCCCn1c(=O)c2c(ncn2C)n(C)c1=O)=NNC(=O)COc1ccccc1-c1nc(Cc2ccccc2)no1. The van der Waals surface area contributed by atoms with Gasteiger partial charge in [-0.25, -0.2) is 15.2 Å². The van der Waals surface area contributed by atoms with E-state index in [4.69, 9.17) is 9.26 Å². The number of para-hydroxylation sites is 1. The minimum absolute atomic E-state index is 0.262. The van der Waals surface area contributed by atoms with Gasteiger partial charge in [-0.1, -0.05) is 47.6 Å². The number of carbonyl (C=O) groups is 1. The normalized spacial score (nSPS) is 11.7. The summed E-state index contributed by atoms with van der Waals surface area (Å²) in [6.45, 7) is 1.81. The molecule has 2 aromatic carbocycles. The fourth-order valence-corrected chi connectivity index (χ4v) is 4.62. The van der Waals surface area contributed by atoms with E-state index >= 15 is 0 Å². The van der Waals surface area contributed by atoms with E-state index in [2.05, 4.69) is 25.7 Å². The molecule has 0 atom stereocenters. The van der Waals surface area contributed by atoms with Crippen LogP contribution < -0.4 is 21.4 Å². The standard InChI is InChI=1S/C30H32N8O5/c1-20(11-9-10-16-38-29(40)26-27(31-19-36(26)2)37(3)30(38)41)33-34-25(39)18-42-23-15-8-7-14-22(23)28-32-24(35-43-28)17-21-12-5-4-6-13-21/h4-8,12-15,19H,9-11,16-18H2,1-3H3,(H,34,39). The van der Waals surface area contributed by atoms with E-state index in [9.17, 15) is 14.4 Å². The smallest absolute Gasteiger partial charge is 0.332 e. The van der Waals surface area contributed by atoms with Gasteiger partial charge in [-0.05, 0) is 43.9 Å². The highest BCUT2D eigenvalue weighted by Crippen LogP contribution is 2.28. The molecule has 0 bridgehead atoms. The van der Waals surface area contributed by atoms with Gasteiger partial charge in [0, 0.05) is 32.8 Å². The lowest BCUT2D eigenvalue weighted by molar-refractivity contribution is -0.123. The highest BCUT2D eigenvalue weighted by Gasteiger charge is 2.16. The Kier molecular flexibility index (Phi) is 8.89. The molecule has 0 saturated carbocycles. The van der Waals surface area contributed by atoms with Gasteiger partial charge in [-0.15, -0.1) is 0 Å². The number of fused-ring (bicyclic) bond motifs is 1. The van der Waals surface area contributed by atoms with E-state index in [1.165, 1.54) is 15.5 Å². The Morgan fingerprint density at radius 2 is 1.81 bits per heavy atom. The van der Waals surface area contributed by atoms with Gasteiger partial charge in [-0.3, -0.25) is 18.7 Å². The van der Waals surface area contributed by atoms with Crippen molar-refractivity contribution in [1.29, 1.82) is 0 Å². The number of nitrogens with one attached hydrogen (secondary N) is 1. The maximum atomic E-state index is 12.8. The molecule has 1 N–H and O–H groups in total. The number of unbranched alkanes of at least 4 members (excludes halogenated alkanes) is 1. The first-order chi connectivity index (χ1) is 20.8. The molecule has 0 saturated heterocycles. The Morgan fingerprint density at radius 3 is 2.63 bits per heavy atom. The molecule has 0 spiro atoms. The third-order valence-corrected chi connectivity index (χ3v) is 6.89.